The van der Waals surface area contributed by atoms with Crippen LogP contribution in [0.15, 0.2) is 35.9 Å². The van der Waals surface area contributed by atoms with E-state index in [0.717, 1.165) is 11.8 Å². The Kier molecular flexibility index (Phi) is 2.72. The molecule has 0 unspecified atom stereocenters. The summed E-state index contributed by atoms with van der Waals surface area (Å²) in [6, 6.07) is 10.7. The van der Waals surface area contributed by atoms with E-state index in [-0.39, 0.29) is 0 Å². The van der Waals surface area contributed by atoms with Crippen molar-refractivity contribution in [3.63, 3.8) is 0 Å². The molecule has 0 amide bonds. The van der Waals surface area contributed by atoms with E-state index in [1.54, 1.807) is 5.57 Å². The predicted molar refractivity (Wildman–Crippen MR) is 62.0 cm³/mol. The summed E-state index contributed by atoms with van der Waals surface area (Å²) >= 11 is 0. The Morgan fingerprint density at radius 1 is 1.36 bits per heavy atom. The third-order valence-corrected chi connectivity index (χ3v) is 3.15. The molecule has 1 aromatic rings. The molecule has 1 saturated carbocycles. The lowest BCUT2D eigenvalue weighted by Crippen LogP contribution is -1.86. The summed E-state index contributed by atoms with van der Waals surface area (Å²) in [6.07, 6.45) is 4.96. The number of hydrogen-bond donors (Lipinski definition) is 0. The van der Waals surface area contributed by atoms with Crippen LogP contribution in [0.3, 0.4) is 0 Å². The summed E-state index contributed by atoms with van der Waals surface area (Å²) < 4.78 is 0. The molecule has 0 radical (unpaired) electrons. The first-order valence-electron chi connectivity index (χ1n) is 5.56. The van der Waals surface area contributed by atoms with Crippen LogP contribution in [0.25, 0.3) is 6.08 Å². The van der Waals surface area contributed by atoms with Crippen LogP contribution in [0, 0.1) is 11.8 Å². The summed E-state index contributed by atoms with van der Waals surface area (Å²) in [7, 11) is 0. The Hall–Kier alpha value is -1.04. The van der Waals surface area contributed by atoms with E-state index in [2.05, 4.69) is 50.3 Å². The zero-order valence-corrected chi connectivity index (χ0v) is 9.03. The molecule has 0 nitrogen and oxygen atoms in total. The van der Waals surface area contributed by atoms with E-state index in [0.29, 0.717) is 0 Å². The molecule has 0 heteroatoms. The Morgan fingerprint density at radius 2 is 2.00 bits per heavy atom. The molecule has 1 aromatic carbocycles. The molecule has 1 aliphatic rings. The van der Waals surface area contributed by atoms with Gasteiger partial charge in [0, 0.05) is 0 Å². The van der Waals surface area contributed by atoms with Crippen LogP contribution in [0.2, 0.25) is 0 Å². The van der Waals surface area contributed by atoms with E-state index in [1.807, 2.05) is 0 Å². The van der Waals surface area contributed by atoms with Gasteiger partial charge in [-0.15, -0.1) is 0 Å². The monoisotopic (exact) mass is 186 g/mol. The van der Waals surface area contributed by atoms with Crippen molar-refractivity contribution < 1.29 is 0 Å². The quantitative estimate of drug-likeness (QED) is 0.665. The van der Waals surface area contributed by atoms with Crippen molar-refractivity contribution in [3.05, 3.63) is 41.5 Å². The average molecular weight is 186 g/mol. The fraction of sp³-hybridized carbons (Fsp3) is 0.429. The van der Waals surface area contributed by atoms with Crippen LogP contribution in [-0.4, -0.2) is 0 Å². The van der Waals surface area contributed by atoms with Gasteiger partial charge in [0.15, 0.2) is 0 Å². The summed E-state index contributed by atoms with van der Waals surface area (Å²) in [5.74, 6) is 1.80. The SMILES string of the molecule is CC/C(=C\c1ccccc1)[C@@H]1C[C@H]1C. The Bertz CT molecular complexity index is 321. The lowest BCUT2D eigenvalue weighted by molar-refractivity contribution is 0.824. The molecule has 14 heavy (non-hydrogen) atoms. The minimum absolute atomic E-state index is 0.875. The van der Waals surface area contributed by atoms with Crippen LogP contribution in [-0.2, 0) is 0 Å². The largest absolute Gasteiger partial charge is 0.0665 e. The first kappa shape index (κ1) is 9.51. The number of rotatable bonds is 3. The van der Waals surface area contributed by atoms with Gasteiger partial charge < -0.3 is 0 Å². The van der Waals surface area contributed by atoms with Crippen molar-refractivity contribution in [2.75, 3.05) is 0 Å². The normalized spacial score (nSPS) is 26.3. The molecule has 0 aliphatic heterocycles. The molecule has 0 N–H and O–H groups in total. The van der Waals surface area contributed by atoms with E-state index in [9.17, 15) is 0 Å². The minimum Gasteiger partial charge on any atom is -0.0665 e. The lowest BCUT2D eigenvalue weighted by Gasteiger charge is -2.02. The molecule has 0 heterocycles. The van der Waals surface area contributed by atoms with Crippen molar-refractivity contribution in [2.24, 2.45) is 11.8 Å². The molecule has 0 bridgehead atoms. The second-order valence-electron chi connectivity index (χ2n) is 4.30. The second-order valence-corrected chi connectivity index (χ2v) is 4.30. The Balaban J connectivity index is 2.15. The minimum atomic E-state index is 0.875. The predicted octanol–water partition coefficient (Wildman–Crippen LogP) is 4.14. The van der Waals surface area contributed by atoms with Gasteiger partial charge in [0.1, 0.15) is 0 Å². The first-order chi connectivity index (χ1) is 6.81. The van der Waals surface area contributed by atoms with E-state index in [1.165, 1.54) is 18.4 Å². The molecule has 2 atom stereocenters. The summed E-state index contributed by atoms with van der Waals surface area (Å²) in [5.41, 5.74) is 2.98. The van der Waals surface area contributed by atoms with Crippen LogP contribution in [0.5, 0.6) is 0 Å². The van der Waals surface area contributed by atoms with E-state index in [4.69, 9.17) is 0 Å². The van der Waals surface area contributed by atoms with Crippen molar-refractivity contribution in [1.82, 2.24) is 0 Å². The summed E-state index contributed by atoms with van der Waals surface area (Å²) in [5, 5.41) is 0. The fourth-order valence-electron chi connectivity index (χ4n) is 2.07. The van der Waals surface area contributed by atoms with Gasteiger partial charge in [0.05, 0.1) is 0 Å². The molecular formula is C14H18. The van der Waals surface area contributed by atoms with E-state index >= 15 is 0 Å². The third kappa shape index (κ3) is 2.06. The average Bonchev–Trinajstić information content (AvgIpc) is 2.93. The lowest BCUT2D eigenvalue weighted by atomic mass is 10.0. The van der Waals surface area contributed by atoms with E-state index < -0.39 is 0 Å². The highest BCUT2D eigenvalue weighted by molar-refractivity contribution is 5.54. The highest BCUT2D eigenvalue weighted by Gasteiger charge is 2.34. The molecule has 2 rings (SSSR count). The van der Waals surface area contributed by atoms with Crippen molar-refractivity contribution in [3.8, 4) is 0 Å². The Morgan fingerprint density at radius 3 is 2.50 bits per heavy atom. The molecule has 1 aliphatic carbocycles. The Labute approximate surface area is 86.7 Å². The third-order valence-electron chi connectivity index (χ3n) is 3.15. The smallest absolute Gasteiger partial charge is 0.0171 e. The molecule has 0 saturated heterocycles. The van der Waals surface area contributed by atoms with Crippen LogP contribution in [0.1, 0.15) is 32.3 Å². The summed E-state index contributed by atoms with van der Waals surface area (Å²) in [6.45, 7) is 4.61. The molecule has 0 spiro atoms. The van der Waals surface area contributed by atoms with Gasteiger partial charge in [0.2, 0.25) is 0 Å². The van der Waals surface area contributed by atoms with Crippen molar-refractivity contribution >= 4 is 6.08 Å². The van der Waals surface area contributed by atoms with Gasteiger partial charge in [-0.25, -0.2) is 0 Å². The van der Waals surface area contributed by atoms with Gasteiger partial charge in [-0.05, 0) is 30.2 Å². The standard InChI is InChI=1S/C14H18/c1-3-13(14-9-11(14)2)10-12-7-5-4-6-8-12/h4-8,10-11,14H,3,9H2,1-2H3/b13-10+/t11-,14-/m1/s1. The maximum atomic E-state index is 2.37. The number of hydrogen-bond acceptors (Lipinski definition) is 0. The maximum absolute atomic E-state index is 2.37. The van der Waals surface area contributed by atoms with Crippen molar-refractivity contribution in [1.29, 1.82) is 0 Å². The zero-order chi connectivity index (χ0) is 9.97. The molecular weight excluding hydrogens is 168 g/mol. The van der Waals surface area contributed by atoms with Crippen LogP contribution < -0.4 is 0 Å². The van der Waals surface area contributed by atoms with Crippen LogP contribution in [0.4, 0.5) is 0 Å². The number of allylic oxidation sites excluding steroid dienone is 1. The highest BCUT2D eigenvalue weighted by atomic mass is 14.4. The maximum Gasteiger partial charge on any atom is -0.0171 e. The van der Waals surface area contributed by atoms with Gasteiger partial charge in [-0.3, -0.25) is 0 Å². The molecule has 74 valence electrons. The molecule has 1 fully saturated rings. The van der Waals surface area contributed by atoms with Gasteiger partial charge in [-0.2, -0.15) is 0 Å². The molecule has 0 aromatic heterocycles. The highest BCUT2D eigenvalue weighted by Crippen LogP contribution is 2.45. The first-order valence-corrected chi connectivity index (χ1v) is 5.56. The summed E-state index contributed by atoms with van der Waals surface area (Å²) in [4.78, 5) is 0. The van der Waals surface area contributed by atoms with Gasteiger partial charge in [-0.1, -0.05) is 55.8 Å². The van der Waals surface area contributed by atoms with Crippen LogP contribution >= 0.6 is 0 Å². The zero-order valence-electron chi connectivity index (χ0n) is 9.03. The number of benzene rings is 1. The fourth-order valence-corrected chi connectivity index (χ4v) is 2.07. The van der Waals surface area contributed by atoms with Crippen molar-refractivity contribution in [2.45, 2.75) is 26.7 Å². The van der Waals surface area contributed by atoms with Gasteiger partial charge in [0.25, 0.3) is 0 Å². The van der Waals surface area contributed by atoms with Gasteiger partial charge >= 0.3 is 0 Å². The second kappa shape index (κ2) is 4.00. The topological polar surface area (TPSA) is 0 Å².